The first-order chi connectivity index (χ1) is 40.2. The summed E-state index contributed by atoms with van der Waals surface area (Å²) in [6.07, 6.45) is 0. The average Bonchev–Trinajstić information content (AvgIpc) is 3.92. The molecule has 11 aromatic carbocycles. The standard InChI is InChI=1S/C75H53N7/c1-74(2)60-30-16-11-25-51(60)53-38-35-46(43-62(53)74)47-36-39-56-55-28-14-19-33-64(55)82(67(56)44-47)73-77-71(76-72(78-73)81-65-34-20-15-29-59(65)69-66(81)42-41-58-52-26-12-17-31-61(52)75(3,4)70(58)69)79(48-21-7-5-8-22-48)50-37-40-57-54-27-13-18-32-63(54)80(68(57)45-50)49-23-9-6-10-24-49/h5-45H,1-4H3. The molecule has 388 valence electrons. The second-order valence-electron chi connectivity index (χ2n) is 23.2. The zero-order valence-electron chi connectivity index (χ0n) is 45.8. The van der Waals surface area contributed by atoms with Gasteiger partial charge in [0.05, 0.1) is 38.8 Å². The molecule has 17 rings (SSSR count). The molecule has 15 aromatic rings. The van der Waals surface area contributed by atoms with Crippen LogP contribution in [-0.4, -0.2) is 28.7 Å². The van der Waals surface area contributed by atoms with Crippen LogP contribution in [0.1, 0.15) is 49.9 Å². The summed E-state index contributed by atoms with van der Waals surface area (Å²) in [5, 5.41) is 6.94. The van der Waals surface area contributed by atoms with Gasteiger partial charge in [-0.1, -0.05) is 204 Å². The maximum absolute atomic E-state index is 5.76. The molecule has 2 aliphatic rings. The van der Waals surface area contributed by atoms with Crippen LogP contribution >= 0.6 is 0 Å². The van der Waals surface area contributed by atoms with Crippen LogP contribution < -0.4 is 4.90 Å². The zero-order valence-corrected chi connectivity index (χ0v) is 45.8. The molecule has 7 nitrogen and oxygen atoms in total. The highest BCUT2D eigenvalue weighted by molar-refractivity contribution is 6.15. The summed E-state index contributed by atoms with van der Waals surface area (Å²) in [5.74, 6) is 1.51. The lowest BCUT2D eigenvalue weighted by Crippen LogP contribution is -2.18. The number of benzene rings is 11. The van der Waals surface area contributed by atoms with Crippen molar-refractivity contribution in [2.24, 2.45) is 0 Å². The van der Waals surface area contributed by atoms with Crippen molar-refractivity contribution < 1.29 is 0 Å². The fourth-order valence-electron chi connectivity index (χ4n) is 14.4. The SMILES string of the molecule is CC1(C)c2ccccc2-c2ccc(-c3ccc4c5ccccc5n(-c5nc(N(c6ccccc6)c6ccc7c8ccccc8n(-c8ccccc8)c7c6)nc(-n6c7ccccc7c7c8c(ccc76)-c6ccccc6C8(C)C)n5)c4c3)cc21. The van der Waals surface area contributed by atoms with Crippen LogP contribution in [-0.2, 0) is 10.8 Å². The first-order valence-electron chi connectivity index (χ1n) is 28.4. The summed E-state index contributed by atoms with van der Waals surface area (Å²) >= 11 is 0. The van der Waals surface area contributed by atoms with Crippen LogP contribution in [0.2, 0.25) is 0 Å². The summed E-state index contributed by atoms with van der Waals surface area (Å²) < 4.78 is 6.91. The number of para-hydroxylation sites is 5. The highest BCUT2D eigenvalue weighted by atomic mass is 15.4. The van der Waals surface area contributed by atoms with E-state index < -0.39 is 0 Å². The molecule has 0 spiro atoms. The Hall–Kier alpha value is -10.4. The molecule has 0 bridgehead atoms. The van der Waals surface area contributed by atoms with Gasteiger partial charge in [0.2, 0.25) is 17.8 Å². The molecule has 0 unspecified atom stereocenters. The van der Waals surface area contributed by atoms with Gasteiger partial charge < -0.3 is 4.57 Å². The lowest BCUT2D eigenvalue weighted by molar-refractivity contribution is 0.660. The minimum atomic E-state index is -0.264. The number of fused-ring (bicyclic) bond motifs is 16. The van der Waals surface area contributed by atoms with Crippen LogP contribution in [0.3, 0.4) is 0 Å². The Balaban J connectivity index is 0.953. The Morgan fingerprint density at radius 3 is 1.51 bits per heavy atom. The molecule has 0 saturated carbocycles. The number of aromatic nitrogens is 6. The third-order valence-electron chi connectivity index (χ3n) is 18.1. The van der Waals surface area contributed by atoms with E-state index in [2.05, 4.69) is 295 Å². The minimum Gasteiger partial charge on any atom is -0.309 e. The molecule has 0 atom stereocenters. The van der Waals surface area contributed by atoms with Gasteiger partial charge in [-0.25, -0.2) is 0 Å². The van der Waals surface area contributed by atoms with Crippen molar-refractivity contribution in [1.29, 1.82) is 0 Å². The van der Waals surface area contributed by atoms with Gasteiger partial charge in [0, 0.05) is 54.5 Å². The smallest absolute Gasteiger partial charge is 0.241 e. The first kappa shape index (κ1) is 46.5. The summed E-state index contributed by atoms with van der Waals surface area (Å²) in [6, 6.07) is 90.3. The molecule has 0 aliphatic heterocycles. The molecular weight excluding hydrogens is 999 g/mol. The number of nitrogens with zero attached hydrogens (tertiary/aromatic N) is 7. The lowest BCUT2D eigenvalue weighted by Gasteiger charge is -2.25. The topological polar surface area (TPSA) is 56.7 Å². The fourth-order valence-corrected chi connectivity index (χ4v) is 14.4. The summed E-state index contributed by atoms with van der Waals surface area (Å²) in [6.45, 7) is 9.44. The third kappa shape index (κ3) is 6.50. The monoisotopic (exact) mass is 1050 g/mol. The Morgan fingerprint density at radius 2 is 0.805 bits per heavy atom. The Labute approximate surface area is 474 Å². The molecule has 0 radical (unpaired) electrons. The minimum absolute atomic E-state index is 0.140. The van der Waals surface area contributed by atoms with E-state index in [0.29, 0.717) is 17.8 Å². The predicted octanol–water partition coefficient (Wildman–Crippen LogP) is 18.9. The van der Waals surface area contributed by atoms with Gasteiger partial charge >= 0.3 is 0 Å². The van der Waals surface area contributed by atoms with Crippen molar-refractivity contribution in [3.05, 3.63) is 271 Å². The molecule has 82 heavy (non-hydrogen) atoms. The molecule has 0 saturated heterocycles. The van der Waals surface area contributed by atoms with Gasteiger partial charge in [-0.05, 0) is 128 Å². The molecular formula is C75H53N7. The summed E-state index contributed by atoms with van der Waals surface area (Å²) in [4.78, 5) is 19.5. The second-order valence-corrected chi connectivity index (χ2v) is 23.2. The molecule has 4 aromatic heterocycles. The van der Waals surface area contributed by atoms with Gasteiger partial charge in [0.1, 0.15) is 0 Å². The molecule has 4 heterocycles. The van der Waals surface area contributed by atoms with Crippen molar-refractivity contribution in [2.45, 2.75) is 38.5 Å². The largest absolute Gasteiger partial charge is 0.309 e. The average molecular weight is 1050 g/mol. The maximum atomic E-state index is 5.76. The van der Waals surface area contributed by atoms with Crippen molar-refractivity contribution in [2.75, 3.05) is 4.90 Å². The Morgan fingerprint density at radius 1 is 0.317 bits per heavy atom. The van der Waals surface area contributed by atoms with E-state index in [1.54, 1.807) is 0 Å². The molecule has 0 fully saturated rings. The number of anilines is 3. The van der Waals surface area contributed by atoms with E-state index in [1.165, 1.54) is 55.3 Å². The van der Waals surface area contributed by atoms with Crippen molar-refractivity contribution >= 4 is 82.7 Å². The van der Waals surface area contributed by atoms with Crippen LogP contribution in [0, 0.1) is 0 Å². The van der Waals surface area contributed by atoms with E-state index in [9.17, 15) is 0 Å². The zero-order chi connectivity index (χ0) is 54.6. The Kier molecular flexibility index (Phi) is 9.69. The molecule has 7 heteroatoms. The molecule has 0 N–H and O–H groups in total. The Bertz CT molecular complexity index is 5170. The number of rotatable bonds is 7. The van der Waals surface area contributed by atoms with Gasteiger partial charge in [-0.15, -0.1) is 0 Å². The number of hydrogen-bond acceptors (Lipinski definition) is 4. The predicted molar refractivity (Wildman–Crippen MR) is 338 cm³/mol. The van der Waals surface area contributed by atoms with Gasteiger partial charge in [0.25, 0.3) is 0 Å². The van der Waals surface area contributed by atoms with Gasteiger partial charge in [-0.3, -0.25) is 14.0 Å². The van der Waals surface area contributed by atoms with Crippen LogP contribution in [0.25, 0.3) is 116 Å². The van der Waals surface area contributed by atoms with Crippen molar-refractivity contribution in [3.8, 4) is 51.0 Å². The lowest BCUT2D eigenvalue weighted by atomic mass is 9.80. The van der Waals surface area contributed by atoms with Gasteiger partial charge in [0.15, 0.2) is 0 Å². The molecule has 2 aliphatic carbocycles. The van der Waals surface area contributed by atoms with E-state index >= 15 is 0 Å². The normalized spacial score (nSPS) is 13.8. The fraction of sp³-hybridized carbons (Fsp3) is 0.0800. The molecule has 0 amide bonds. The summed E-state index contributed by atoms with van der Waals surface area (Å²) in [5.41, 5.74) is 21.6. The highest BCUT2D eigenvalue weighted by Crippen LogP contribution is 2.54. The van der Waals surface area contributed by atoms with Crippen LogP contribution in [0.5, 0.6) is 0 Å². The third-order valence-corrected chi connectivity index (χ3v) is 18.1. The van der Waals surface area contributed by atoms with Crippen molar-refractivity contribution in [1.82, 2.24) is 28.7 Å². The summed E-state index contributed by atoms with van der Waals surface area (Å²) in [7, 11) is 0. The maximum Gasteiger partial charge on any atom is 0.241 e. The van der Waals surface area contributed by atoms with E-state index in [4.69, 9.17) is 15.0 Å². The highest BCUT2D eigenvalue weighted by Gasteiger charge is 2.39. The van der Waals surface area contributed by atoms with Crippen LogP contribution in [0.4, 0.5) is 17.3 Å². The van der Waals surface area contributed by atoms with E-state index in [1.807, 2.05) is 0 Å². The van der Waals surface area contributed by atoms with E-state index in [0.717, 1.165) is 82.8 Å². The van der Waals surface area contributed by atoms with Gasteiger partial charge in [-0.2, -0.15) is 15.0 Å². The van der Waals surface area contributed by atoms with Crippen molar-refractivity contribution in [3.63, 3.8) is 0 Å². The first-order valence-corrected chi connectivity index (χ1v) is 28.4. The second kappa shape index (κ2) is 17.1. The quantitative estimate of drug-likeness (QED) is 0.160. The number of hydrogen-bond donors (Lipinski definition) is 0. The van der Waals surface area contributed by atoms with Crippen LogP contribution in [0.15, 0.2) is 249 Å². The van der Waals surface area contributed by atoms with E-state index in [-0.39, 0.29) is 10.8 Å².